The summed E-state index contributed by atoms with van der Waals surface area (Å²) < 4.78 is 0. The first-order valence-electron chi connectivity index (χ1n) is 5.38. The third kappa shape index (κ3) is 2.49. The van der Waals surface area contributed by atoms with Gasteiger partial charge < -0.3 is 5.73 Å². The van der Waals surface area contributed by atoms with Crippen LogP contribution in [0, 0.1) is 13.8 Å². The maximum absolute atomic E-state index is 5.55. The van der Waals surface area contributed by atoms with Crippen LogP contribution in [-0.4, -0.2) is 4.98 Å². The SMILES string of the molecule is Cc1ccc(Cc2nc(CN)cs2)c(C)c1. The second-order valence-corrected chi connectivity index (χ2v) is 4.99. The summed E-state index contributed by atoms with van der Waals surface area (Å²) >= 11 is 1.69. The highest BCUT2D eigenvalue weighted by Crippen LogP contribution is 2.18. The molecule has 0 radical (unpaired) electrons. The molecule has 0 bridgehead atoms. The van der Waals surface area contributed by atoms with Crippen LogP contribution in [0.4, 0.5) is 0 Å². The van der Waals surface area contributed by atoms with E-state index >= 15 is 0 Å². The number of thiazole rings is 1. The van der Waals surface area contributed by atoms with Crippen LogP contribution < -0.4 is 5.73 Å². The average molecular weight is 232 g/mol. The molecular weight excluding hydrogens is 216 g/mol. The molecule has 3 heteroatoms. The van der Waals surface area contributed by atoms with Gasteiger partial charge in [-0.2, -0.15) is 0 Å². The summed E-state index contributed by atoms with van der Waals surface area (Å²) in [5.41, 5.74) is 10.5. The van der Waals surface area contributed by atoms with Gasteiger partial charge in [0.2, 0.25) is 0 Å². The fourth-order valence-corrected chi connectivity index (χ4v) is 2.56. The Labute approximate surface area is 100 Å². The van der Waals surface area contributed by atoms with Gasteiger partial charge in [0, 0.05) is 18.3 Å². The maximum Gasteiger partial charge on any atom is 0.0972 e. The first-order valence-corrected chi connectivity index (χ1v) is 6.26. The molecule has 0 atom stereocenters. The van der Waals surface area contributed by atoms with Gasteiger partial charge in [-0.15, -0.1) is 11.3 Å². The van der Waals surface area contributed by atoms with Gasteiger partial charge in [0.25, 0.3) is 0 Å². The summed E-state index contributed by atoms with van der Waals surface area (Å²) in [7, 11) is 0. The van der Waals surface area contributed by atoms with E-state index in [0.717, 1.165) is 17.1 Å². The summed E-state index contributed by atoms with van der Waals surface area (Å²) in [6.07, 6.45) is 0.913. The molecule has 0 aliphatic carbocycles. The molecule has 0 unspecified atom stereocenters. The van der Waals surface area contributed by atoms with E-state index in [4.69, 9.17) is 5.73 Å². The van der Waals surface area contributed by atoms with Crippen LogP contribution in [-0.2, 0) is 13.0 Å². The lowest BCUT2D eigenvalue weighted by molar-refractivity contribution is 0.980. The van der Waals surface area contributed by atoms with Crippen LogP contribution in [0.25, 0.3) is 0 Å². The molecule has 1 aromatic carbocycles. The lowest BCUT2D eigenvalue weighted by atomic mass is 10.0. The Bertz CT molecular complexity index is 488. The van der Waals surface area contributed by atoms with E-state index in [1.165, 1.54) is 16.7 Å². The molecule has 16 heavy (non-hydrogen) atoms. The van der Waals surface area contributed by atoms with Crippen molar-refractivity contribution in [2.45, 2.75) is 26.8 Å². The Hall–Kier alpha value is -1.19. The highest BCUT2D eigenvalue weighted by molar-refractivity contribution is 7.09. The van der Waals surface area contributed by atoms with Crippen molar-refractivity contribution in [1.82, 2.24) is 4.98 Å². The zero-order valence-corrected chi connectivity index (χ0v) is 10.5. The van der Waals surface area contributed by atoms with Crippen molar-refractivity contribution in [2.24, 2.45) is 5.73 Å². The minimum absolute atomic E-state index is 0.531. The number of nitrogens with two attached hydrogens (primary N) is 1. The fourth-order valence-electron chi connectivity index (χ4n) is 1.73. The minimum atomic E-state index is 0.531. The molecule has 0 fully saturated rings. The van der Waals surface area contributed by atoms with Crippen molar-refractivity contribution < 1.29 is 0 Å². The number of aromatic nitrogens is 1. The van der Waals surface area contributed by atoms with E-state index in [9.17, 15) is 0 Å². The van der Waals surface area contributed by atoms with Crippen molar-refractivity contribution in [3.8, 4) is 0 Å². The zero-order valence-electron chi connectivity index (χ0n) is 9.66. The van der Waals surface area contributed by atoms with Crippen LogP contribution in [0.3, 0.4) is 0 Å². The Morgan fingerprint density at radius 2 is 2.12 bits per heavy atom. The number of benzene rings is 1. The smallest absolute Gasteiger partial charge is 0.0972 e. The normalized spacial score (nSPS) is 10.7. The standard InChI is InChI=1S/C13H16N2S/c1-9-3-4-11(10(2)5-9)6-13-15-12(7-14)8-16-13/h3-5,8H,6-7,14H2,1-2H3. The third-order valence-electron chi connectivity index (χ3n) is 2.65. The zero-order chi connectivity index (χ0) is 11.5. The summed E-state index contributed by atoms with van der Waals surface area (Å²) in [6.45, 7) is 4.80. The summed E-state index contributed by atoms with van der Waals surface area (Å²) in [4.78, 5) is 4.48. The second kappa shape index (κ2) is 4.76. The molecule has 0 saturated carbocycles. The van der Waals surface area contributed by atoms with Gasteiger partial charge in [0.15, 0.2) is 0 Å². The molecule has 84 valence electrons. The van der Waals surface area contributed by atoms with Crippen LogP contribution in [0.2, 0.25) is 0 Å². The highest BCUT2D eigenvalue weighted by Gasteiger charge is 2.04. The lowest BCUT2D eigenvalue weighted by Crippen LogP contribution is -1.97. The van der Waals surface area contributed by atoms with Crippen LogP contribution in [0.15, 0.2) is 23.6 Å². The number of hydrogen-bond acceptors (Lipinski definition) is 3. The van der Waals surface area contributed by atoms with Gasteiger partial charge in [-0.25, -0.2) is 4.98 Å². The number of nitrogens with zero attached hydrogens (tertiary/aromatic N) is 1. The largest absolute Gasteiger partial charge is 0.325 e. The Morgan fingerprint density at radius 1 is 1.31 bits per heavy atom. The van der Waals surface area contributed by atoms with Gasteiger partial charge in [0.1, 0.15) is 0 Å². The number of hydrogen-bond donors (Lipinski definition) is 1. The van der Waals surface area contributed by atoms with Crippen molar-refractivity contribution in [2.75, 3.05) is 0 Å². The van der Waals surface area contributed by atoms with Crippen LogP contribution in [0.5, 0.6) is 0 Å². The topological polar surface area (TPSA) is 38.9 Å². The van der Waals surface area contributed by atoms with Crippen LogP contribution >= 0.6 is 11.3 Å². The van der Waals surface area contributed by atoms with Gasteiger partial charge >= 0.3 is 0 Å². The molecule has 2 rings (SSSR count). The quantitative estimate of drug-likeness (QED) is 0.883. The lowest BCUT2D eigenvalue weighted by Gasteiger charge is -2.04. The van der Waals surface area contributed by atoms with Crippen molar-refractivity contribution >= 4 is 11.3 Å². The summed E-state index contributed by atoms with van der Waals surface area (Å²) in [5, 5.41) is 3.19. The molecule has 0 spiro atoms. The van der Waals surface area contributed by atoms with Crippen molar-refractivity contribution in [3.05, 3.63) is 51.0 Å². The van der Waals surface area contributed by atoms with Crippen molar-refractivity contribution in [3.63, 3.8) is 0 Å². The molecule has 2 nitrogen and oxygen atoms in total. The van der Waals surface area contributed by atoms with Gasteiger partial charge in [-0.05, 0) is 25.0 Å². The second-order valence-electron chi connectivity index (χ2n) is 4.04. The molecule has 1 aromatic heterocycles. The molecule has 0 saturated heterocycles. The van der Waals surface area contributed by atoms with E-state index in [-0.39, 0.29) is 0 Å². The molecule has 2 aromatic rings. The summed E-state index contributed by atoms with van der Waals surface area (Å²) in [6, 6.07) is 6.56. The number of aryl methyl sites for hydroxylation is 2. The Morgan fingerprint density at radius 3 is 2.75 bits per heavy atom. The first kappa shape index (κ1) is 11.3. The third-order valence-corrected chi connectivity index (χ3v) is 3.55. The van der Waals surface area contributed by atoms with E-state index in [1.54, 1.807) is 11.3 Å². The number of rotatable bonds is 3. The van der Waals surface area contributed by atoms with E-state index < -0.39 is 0 Å². The van der Waals surface area contributed by atoms with Crippen molar-refractivity contribution in [1.29, 1.82) is 0 Å². The van der Waals surface area contributed by atoms with Gasteiger partial charge in [-0.1, -0.05) is 23.8 Å². The first-order chi connectivity index (χ1) is 7.69. The predicted octanol–water partition coefficient (Wildman–Crippen LogP) is 2.81. The minimum Gasteiger partial charge on any atom is -0.325 e. The Balaban J connectivity index is 2.20. The van der Waals surface area contributed by atoms with E-state index in [2.05, 4.69) is 37.0 Å². The van der Waals surface area contributed by atoms with E-state index in [0.29, 0.717) is 6.54 Å². The van der Waals surface area contributed by atoms with Gasteiger partial charge in [-0.3, -0.25) is 0 Å². The van der Waals surface area contributed by atoms with Crippen LogP contribution in [0.1, 0.15) is 27.4 Å². The molecule has 0 aliphatic heterocycles. The molecule has 0 aliphatic rings. The van der Waals surface area contributed by atoms with Gasteiger partial charge in [0.05, 0.1) is 10.7 Å². The maximum atomic E-state index is 5.55. The van der Waals surface area contributed by atoms with E-state index in [1.807, 2.05) is 5.38 Å². The molecule has 2 N–H and O–H groups in total. The molecule has 1 heterocycles. The highest BCUT2D eigenvalue weighted by atomic mass is 32.1. The monoisotopic (exact) mass is 232 g/mol. The fraction of sp³-hybridized carbons (Fsp3) is 0.308. The average Bonchev–Trinajstić information content (AvgIpc) is 2.70. The Kier molecular flexibility index (Phi) is 3.36. The molecular formula is C13H16N2S. The predicted molar refractivity (Wildman–Crippen MR) is 68.7 cm³/mol. The summed E-state index contributed by atoms with van der Waals surface area (Å²) in [5.74, 6) is 0. The molecule has 0 amide bonds.